The average Bonchev–Trinajstić information content (AvgIpc) is 2.59. The van der Waals surface area contributed by atoms with Crippen LogP contribution >= 0.6 is 11.6 Å². The molecule has 2 aromatic rings. The zero-order chi connectivity index (χ0) is 10.1. The fourth-order valence-corrected chi connectivity index (χ4v) is 1.71. The number of H-pyrrole nitrogens is 1. The first-order valence-electron chi connectivity index (χ1n) is 4.23. The molecule has 0 radical (unpaired) electrons. The normalized spacial score (nSPS) is 13.4. The van der Waals surface area contributed by atoms with E-state index in [0.29, 0.717) is 5.15 Å². The molecule has 2 rings (SSSR count). The van der Waals surface area contributed by atoms with Crippen molar-refractivity contribution in [2.24, 2.45) is 5.73 Å². The molecular formula is C9H10ClN3O. The van der Waals surface area contributed by atoms with Crippen LogP contribution in [0.25, 0.3) is 10.9 Å². The van der Waals surface area contributed by atoms with Crippen LogP contribution in [0.1, 0.15) is 11.6 Å². The van der Waals surface area contributed by atoms with Crippen molar-refractivity contribution in [1.82, 2.24) is 10.2 Å². The summed E-state index contributed by atoms with van der Waals surface area (Å²) in [5, 5.41) is 16.9. The molecule has 0 aliphatic carbocycles. The lowest BCUT2D eigenvalue weighted by atomic mass is 10.0. The minimum atomic E-state index is -0.422. The predicted molar refractivity (Wildman–Crippen MR) is 55.1 cm³/mol. The van der Waals surface area contributed by atoms with Crippen molar-refractivity contribution in [3.05, 3.63) is 28.9 Å². The van der Waals surface area contributed by atoms with Crippen molar-refractivity contribution >= 4 is 22.5 Å². The lowest BCUT2D eigenvalue weighted by Gasteiger charge is -2.09. The Labute approximate surface area is 85.7 Å². The number of hydrogen-bond acceptors (Lipinski definition) is 3. The molecule has 74 valence electrons. The van der Waals surface area contributed by atoms with Crippen LogP contribution < -0.4 is 5.73 Å². The number of fused-ring (bicyclic) bond motifs is 1. The predicted octanol–water partition coefficient (Wildman–Crippen LogP) is 1.21. The molecule has 4 N–H and O–H groups in total. The number of rotatable bonds is 2. The second-order valence-corrected chi connectivity index (χ2v) is 3.45. The van der Waals surface area contributed by atoms with Gasteiger partial charge in [-0.15, -0.1) is 0 Å². The van der Waals surface area contributed by atoms with Gasteiger partial charge in [-0.05, 0) is 11.6 Å². The molecule has 1 atom stereocenters. The summed E-state index contributed by atoms with van der Waals surface area (Å²) in [5.41, 5.74) is 7.31. The maximum atomic E-state index is 8.98. The van der Waals surface area contributed by atoms with Gasteiger partial charge in [-0.25, -0.2) is 0 Å². The van der Waals surface area contributed by atoms with E-state index in [1.165, 1.54) is 0 Å². The van der Waals surface area contributed by atoms with Gasteiger partial charge in [0.15, 0.2) is 0 Å². The number of hydrogen-bond donors (Lipinski definition) is 3. The van der Waals surface area contributed by atoms with E-state index in [4.69, 9.17) is 22.4 Å². The number of nitrogens with zero attached hydrogens (tertiary/aromatic N) is 1. The van der Waals surface area contributed by atoms with Crippen molar-refractivity contribution in [3.63, 3.8) is 0 Å². The molecule has 0 saturated heterocycles. The second-order valence-electron chi connectivity index (χ2n) is 3.07. The first kappa shape index (κ1) is 9.45. The molecule has 0 bridgehead atoms. The average molecular weight is 212 g/mol. The van der Waals surface area contributed by atoms with Gasteiger partial charge in [0.1, 0.15) is 5.15 Å². The number of aliphatic hydroxyl groups is 1. The van der Waals surface area contributed by atoms with Gasteiger partial charge in [0, 0.05) is 5.39 Å². The highest BCUT2D eigenvalue weighted by atomic mass is 35.5. The Kier molecular flexibility index (Phi) is 2.41. The van der Waals surface area contributed by atoms with Crippen molar-refractivity contribution in [2.45, 2.75) is 6.04 Å². The lowest BCUT2D eigenvalue weighted by molar-refractivity contribution is 0.268. The monoisotopic (exact) mass is 211 g/mol. The van der Waals surface area contributed by atoms with Gasteiger partial charge in [-0.3, -0.25) is 5.10 Å². The van der Waals surface area contributed by atoms with Crippen LogP contribution in [0.2, 0.25) is 5.15 Å². The highest BCUT2D eigenvalue weighted by molar-refractivity contribution is 6.34. The van der Waals surface area contributed by atoms with E-state index in [9.17, 15) is 0 Å². The van der Waals surface area contributed by atoms with E-state index in [2.05, 4.69) is 10.2 Å². The van der Waals surface area contributed by atoms with Gasteiger partial charge >= 0.3 is 0 Å². The van der Waals surface area contributed by atoms with E-state index in [1.807, 2.05) is 18.2 Å². The standard InChI is InChI=1S/C9H10ClN3O/c10-9-8-5(6(11)4-14)2-1-3-7(8)12-13-9/h1-3,6,14H,4,11H2,(H,12,13). The smallest absolute Gasteiger partial charge is 0.132 e. The quantitative estimate of drug-likeness (QED) is 0.699. The summed E-state index contributed by atoms with van der Waals surface area (Å²) < 4.78 is 0. The Morgan fingerprint density at radius 2 is 2.36 bits per heavy atom. The van der Waals surface area contributed by atoms with Crippen LogP contribution in [-0.2, 0) is 0 Å². The molecule has 14 heavy (non-hydrogen) atoms. The van der Waals surface area contributed by atoms with Gasteiger partial charge in [0.25, 0.3) is 0 Å². The lowest BCUT2D eigenvalue weighted by Crippen LogP contribution is -2.14. The number of aliphatic hydroxyl groups excluding tert-OH is 1. The van der Waals surface area contributed by atoms with E-state index in [0.717, 1.165) is 16.5 Å². The van der Waals surface area contributed by atoms with E-state index in [-0.39, 0.29) is 6.61 Å². The highest BCUT2D eigenvalue weighted by Crippen LogP contribution is 2.27. The minimum absolute atomic E-state index is 0.110. The Morgan fingerprint density at radius 3 is 3.07 bits per heavy atom. The third-order valence-corrected chi connectivity index (χ3v) is 2.44. The van der Waals surface area contributed by atoms with Gasteiger partial charge < -0.3 is 10.8 Å². The van der Waals surface area contributed by atoms with Crippen LogP contribution in [0.4, 0.5) is 0 Å². The summed E-state index contributed by atoms with van der Waals surface area (Å²) >= 11 is 5.92. The molecule has 0 saturated carbocycles. The summed E-state index contributed by atoms with van der Waals surface area (Å²) in [4.78, 5) is 0. The summed E-state index contributed by atoms with van der Waals surface area (Å²) in [5.74, 6) is 0. The van der Waals surface area contributed by atoms with Crippen molar-refractivity contribution in [1.29, 1.82) is 0 Å². The molecule has 0 aliphatic heterocycles. The van der Waals surface area contributed by atoms with Gasteiger partial charge in [-0.2, -0.15) is 5.10 Å². The summed E-state index contributed by atoms with van der Waals surface area (Å²) in [6.45, 7) is -0.110. The Bertz CT molecular complexity index is 454. The zero-order valence-electron chi connectivity index (χ0n) is 7.37. The van der Waals surface area contributed by atoms with Crippen LogP contribution in [0, 0.1) is 0 Å². The van der Waals surface area contributed by atoms with Crippen molar-refractivity contribution < 1.29 is 5.11 Å². The summed E-state index contributed by atoms with van der Waals surface area (Å²) in [6.07, 6.45) is 0. The molecule has 0 fully saturated rings. The molecule has 0 amide bonds. The molecule has 0 spiro atoms. The van der Waals surface area contributed by atoms with Crippen molar-refractivity contribution in [3.8, 4) is 0 Å². The molecular weight excluding hydrogens is 202 g/mol. The Hall–Kier alpha value is -1.10. The molecule has 5 heteroatoms. The third kappa shape index (κ3) is 1.37. The van der Waals surface area contributed by atoms with Crippen LogP contribution in [-0.4, -0.2) is 21.9 Å². The number of nitrogens with one attached hydrogen (secondary N) is 1. The molecule has 1 heterocycles. The fraction of sp³-hybridized carbons (Fsp3) is 0.222. The maximum Gasteiger partial charge on any atom is 0.132 e. The molecule has 4 nitrogen and oxygen atoms in total. The van der Waals surface area contributed by atoms with E-state index >= 15 is 0 Å². The Balaban J connectivity index is 2.69. The molecule has 1 aromatic carbocycles. The van der Waals surface area contributed by atoms with Crippen LogP contribution in [0.5, 0.6) is 0 Å². The number of benzene rings is 1. The maximum absolute atomic E-state index is 8.98. The van der Waals surface area contributed by atoms with E-state index in [1.54, 1.807) is 0 Å². The molecule has 1 unspecified atom stereocenters. The SMILES string of the molecule is NC(CO)c1cccc2n[nH]c(Cl)c12. The summed E-state index contributed by atoms with van der Waals surface area (Å²) in [6, 6.07) is 5.09. The van der Waals surface area contributed by atoms with Crippen LogP contribution in [0.3, 0.4) is 0 Å². The Morgan fingerprint density at radius 1 is 1.57 bits per heavy atom. The second kappa shape index (κ2) is 3.57. The van der Waals surface area contributed by atoms with Crippen LogP contribution in [0.15, 0.2) is 18.2 Å². The molecule has 0 aliphatic rings. The third-order valence-electron chi connectivity index (χ3n) is 2.16. The number of halogens is 1. The largest absolute Gasteiger partial charge is 0.394 e. The topological polar surface area (TPSA) is 74.9 Å². The van der Waals surface area contributed by atoms with Gasteiger partial charge in [-0.1, -0.05) is 23.7 Å². The first-order valence-corrected chi connectivity index (χ1v) is 4.60. The first-order chi connectivity index (χ1) is 6.74. The van der Waals surface area contributed by atoms with Gasteiger partial charge in [0.2, 0.25) is 0 Å². The molecule has 1 aromatic heterocycles. The number of nitrogens with two attached hydrogens (primary N) is 1. The summed E-state index contributed by atoms with van der Waals surface area (Å²) in [7, 11) is 0. The van der Waals surface area contributed by atoms with E-state index < -0.39 is 6.04 Å². The highest BCUT2D eigenvalue weighted by Gasteiger charge is 2.12. The fourth-order valence-electron chi connectivity index (χ4n) is 1.46. The number of aromatic amines is 1. The zero-order valence-corrected chi connectivity index (χ0v) is 8.12. The van der Waals surface area contributed by atoms with Crippen molar-refractivity contribution in [2.75, 3.05) is 6.61 Å². The van der Waals surface area contributed by atoms with Gasteiger partial charge in [0.05, 0.1) is 18.2 Å². The number of aromatic nitrogens is 2. The minimum Gasteiger partial charge on any atom is -0.394 e.